The number of carbonyl (C=O) groups excluding carboxylic acids is 2. The SMILES string of the molecule is Cc1cc(C)cc(NC(=O)CSc2nc(N)c(NC(=O)c3ccccc3)c(=O)[nH]2)c1. The first-order valence-corrected chi connectivity index (χ1v) is 10.1. The van der Waals surface area contributed by atoms with E-state index in [-0.39, 0.29) is 28.3 Å². The van der Waals surface area contributed by atoms with Gasteiger partial charge in [0.15, 0.2) is 11.0 Å². The predicted octanol–water partition coefficient (Wildman–Crippen LogP) is 2.95. The molecule has 9 heteroatoms. The number of aromatic amines is 1. The molecule has 0 saturated carbocycles. The number of H-pyrrole nitrogens is 1. The lowest BCUT2D eigenvalue weighted by atomic mass is 10.1. The summed E-state index contributed by atoms with van der Waals surface area (Å²) in [5.41, 5.74) is 8.31. The zero-order valence-electron chi connectivity index (χ0n) is 16.5. The van der Waals surface area contributed by atoms with E-state index < -0.39 is 11.5 Å². The first kappa shape index (κ1) is 21.1. The van der Waals surface area contributed by atoms with Crippen molar-refractivity contribution in [1.29, 1.82) is 0 Å². The third kappa shape index (κ3) is 5.48. The number of anilines is 3. The number of amides is 2. The van der Waals surface area contributed by atoms with Crippen LogP contribution in [0.5, 0.6) is 0 Å². The third-order valence-corrected chi connectivity index (χ3v) is 4.92. The van der Waals surface area contributed by atoms with Crippen molar-refractivity contribution in [3.8, 4) is 0 Å². The third-order valence-electron chi connectivity index (χ3n) is 4.05. The molecule has 154 valence electrons. The van der Waals surface area contributed by atoms with Crippen LogP contribution in [0.15, 0.2) is 58.5 Å². The number of rotatable bonds is 6. The molecule has 3 rings (SSSR count). The van der Waals surface area contributed by atoms with Gasteiger partial charge in [0, 0.05) is 11.3 Å². The molecule has 0 aliphatic rings. The van der Waals surface area contributed by atoms with Gasteiger partial charge in [0.2, 0.25) is 5.91 Å². The predicted molar refractivity (Wildman–Crippen MR) is 119 cm³/mol. The summed E-state index contributed by atoms with van der Waals surface area (Å²) in [5.74, 6) is -0.804. The number of thioether (sulfide) groups is 1. The van der Waals surface area contributed by atoms with Gasteiger partial charge in [-0.25, -0.2) is 4.98 Å². The Balaban J connectivity index is 1.64. The highest BCUT2D eigenvalue weighted by Gasteiger charge is 2.14. The molecule has 0 bridgehead atoms. The second kappa shape index (κ2) is 9.27. The molecule has 0 fully saturated rings. The van der Waals surface area contributed by atoms with Crippen LogP contribution >= 0.6 is 11.8 Å². The molecule has 1 heterocycles. The van der Waals surface area contributed by atoms with E-state index in [9.17, 15) is 14.4 Å². The number of nitrogens with two attached hydrogens (primary N) is 1. The Morgan fingerprint density at radius 2 is 1.73 bits per heavy atom. The first-order valence-electron chi connectivity index (χ1n) is 9.09. The highest BCUT2D eigenvalue weighted by molar-refractivity contribution is 7.99. The van der Waals surface area contributed by atoms with Crippen LogP contribution in [0.1, 0.15) is 21.5 Å². The number of aromatic nitrogens is 2. The number of benzene rings is 2. The smallest absolute Gasteiger partial charge is 0.277 e. The van der Waals surface area contributed by atoms with Crippen LogP contribution < -0.4 is 21.9 Å². The van der Waals surface area contributed by atoms with Gasteiger partial charge in [0.1, 0.15) is 5.69 Å². The van der Waals surface area contributed by atoms with Crippen LogP contribution in [0.25, 0.3) is 0 Å². The minimum Gasteiger partial charge on any atom is -0.382 e. The van der Waals surface area contributed by atoms with Crippen molar-refractivity contribution in [2.24, 2.45) is 0 Å². The van der Waals surface area contributed by atoms with Crippen LogP contribution in [0, 0.1) is 13.8 Å². The Kier molecular flexibility index (Phi) is 6.53. The zero-order chi connectivity index (χ0) is 21.7. The van der Waals surface area contributed by atoms with Crippen molar-refractivity contribution < 1.29 is 9.59 Å². The van der Waals surface area contributed by atoms with E-state index in [1.54, 1.807) is 30.3 Å². The monoisotopic (exact) mass is 423 g/mol. The highest BCUT2D eigenvalue weighted by Crippen LogP contribution is 2.19. The van der Waals surface area contributed by atoms with Gasteiger partial charge in [-0.2, -0.15) is 0 Å². The molecular formula is C21H21N5O3S. The molecule has 3 aromatic rings. The summed E-state index contributed by atoms with van der Waals surface area (Å²) in [6.45, 7) is 3.90. The van der Waals surface area contributed by atoms with Crippen molar-refractivity contribution in [3.05, 3.63) is 75.6 Å². The average molecular weight is 423 g/mol. The minimum atomic E-state index is -0.594. The Morgan fingerprint density at radius 1 is 1.07 bits per heavy atom. The van der Waals surface area contributed by atoms with Crippen molar-refractivity contribution in [2.75, 3.05) is 22.1 Å². The normalized spacial score (nSPS) is 10.5. The minimum absolute atomic E-state index is 0.0328. The van der Waals surface area contributed by atoms with E-state index in [1.165, 1.54) is 0 Å². The summed E-state index contributed by atoms with van der Waals surface area (Å²) in [6.07, 6.45) is 0. The standard InChI is InChI=1S/C21H21N5O3S/c1-12-8-13(2)10-15(9-12)23-16(27)11-30-21-25-18(22)17(20(29)26-21)24-19(28)14-6-4-3-5-7-14/h3-10H,11H2,1-2H3,(H,23,27)(H,24,28)(H3,22,25,26,29). The molecule has 0 aliphatic carbocycles. The van der Waals surface area contributed by atoms with Gasteiger partial charge in [-0.1, -0.05) is 36.0 Å². The fourth-order valence-corrected chi connectivity index (χ4v) is 3.48. The molecule has 0 aliphatic heterocycles. The Morgan fingerprint density at radius 3 is 2.37 bits per heavy atom. The zero-order valence-corrected chi connectivity index (χ0v) is 17.3. The maximum Gasteiger partial charge on any atom is 0.277 e. The maximum absolute atomic E-state index is 12.3. The lowest BCUT2D eigenvalue weighted by Gasteiger charge is -2.09. The Labute approximate surface area is 177 Å². The number of hydrogen-bond donors (Lipinski definition) is 4. The molecule has 5 N–H and O–H groups in total. The van der Waals surface area contributed by atoms with Crippen molar-refractivity contribution in [1.82, 2.24) is 9.97 Å². The lowest BCUT2D eigenvalue weighted by molar-refractivity contribution is -0.113. The van der Waals surface area contributed by atoms with E-state index in [0.717, 1.165) is 22.9 Å². The van der Waals surface area contributed by atoms with Gasteiger partial charge in [-0.3, -0.25) is 19.4 Å². The second-order valence-electron chi connectivity index (χ2n) is 6.66. The molecular weight excluding hydrogens is 402 g/mol. The number of hydrogen-bond acceptors (Lipinski definition) is 6. The van der Waals surface area contributed by atoms with E-state index in [0.29, 0.717) is 11.3 Å². The molecule has 0 unspecified atom stereocenters. The van der Waals surface area contributed by atoms with E-state index >= 15 is 0 Å². The molecule has 2 amide bonds. The summed E-state index contributed by atoms with van der Waals surface area (Å²) >= 11 is 1.04. The summed E-state index contributed by atoms with van der Waals surface area (Å²) in [5, 5.41) is 5.47. The number of nitrogens with one attached hydrogen (secondary N) is 3. The molecule has 8 nitrogen and oxygen atoms in total. The first-order chi connectivity index (χ1) is 14.3. The van der Waals surface area contributed by atoms with Gasteiger partial charge in [0.05, 0.1) is 5.75 Å². The fourth-order valence-electron chi connectivity index (χ4n) is 2.81. The van der Waals surface area contributed by atoms with Crippen LogP contribution in [0.4, 0.5) is 17.2 Å². The topological polar surface area (TPSA) is 130 Å². The fraction of sp³-hybridized carbons (Fsp3) is 0.143. The lowest BCUT2D eigenvalue weighted by Crippen LogP contribution is -2.23. The van der Waals surface area contributed by atoms with Crippen molar-refractivity contribution >= 4 is 40.8 Å². The van der Waals surface area contributed by atoms with Gasteiger partial charge >= 0.3 is 0 Å². The summed E-state index contributed by atoms with van der Waals surface area (Å²) in [7, 11) is 0. The van der Waals surface area contributed by atoms with Gasteiger partial charge in [-0.15, -0.1) is 0 Å². The Hall–Kier alpha value is -3.59. The van der Waals surface area contributed by atoms with Crippen molar-refractivity contribution in [2.45, 2.75) is 19.0 Å². The van der Waals surface area contributed by atoms with Crippen molar-refractivity contribution in [3.63, 3.8) is 0 Å². The number of nitrogens with zero attached hydrogens (tertiary/aromatic N) is 1. The molecule has 0 saturated heterocycles. The van der Waals surface area contributed by atoms with E-state index in [4.69, 9.17) is 5.73 Å². The average Bonchev–Trinajstić information content (AvgIpc) is 2.69. The van der Waals surface area contributed by atoms with E-state index in [2.05, 4.69) is 20.6 Å². The van der Waals surface area contributed by atoms with Gasteiger partial charge in [0.25, 0.3) is 11.5 Å². The number of carbonyl (C=O) groups is 2. The number of nitrogen functional groups attached to an aromatic ring is 1. The number of aryl methyl sites for hydroxylation is 2. The van der Waals surface area contributed by atoms with Gasteiger partial charge in [-0.05, 0) is 49.2 Å². The van der Waals surface area contributed by atoms with Crippen LogP contribution in [-0.2, 0) is 4.79 Å². The van der Waals surface area contributed by atoms with Crippen LogP contribution in [0.3, 0.4) is 0 Å². The highest BCUT2D eigenvalue weighted by atomic mass is 32.2. The molecule has 30 heavy (non-hydrogen) atoms. The summed E-state index contributed by atoms with van der Waals surface area (Å²) in [4.78, 5) is 43.4. The molecule has 2 aromatic carbocycles. The molecule has 0 atom stereocenters. The maximum atomic E-state index is 12.3. The second-order valence-corrected chi connectivity index (χ2v) is 7.63. The van der Waals surface area contributed by atoms with Crippen LogP contribution in [-0.4, -0.2) is 27.5 Å². The van der Waals surface area contributed by atoms with E-state index in [1.807, 2.05) is 32.0 Å². The molecule has 0 radical (unpaired) electrons. The summed E-state index contributed by atoms with van der Waals surface area (Å²) < 4.78 is 0. The van der Waals surface area contributed by atoms with Gasteiger partial charge < -0.3 is 16.4 Å². The van der Waals surface area contributed by atoms with Crippen LogP contribution in [0.2, 0.25) is 0 Å². The summed E-state index contributed by atoms with van der Waals surface area (Å²) in [6, 6.07) is 14.2. The Bertz CT molecular complexity index is 1120. The quantitative estimate of drug-likeness (QED) is 0.356. The molecule has 1 aromatic heterocycles. The largest absolute Gasteiger partial charge is 0.382 e. The molecule has 0 spiro atoms.